The lowest BCUT2D eigenvalue weighted by Crippen LogP contribution is -2.34. The van der Waals surface area contributed by atoms with Crippen LogP contribution in [0.15, 0.2) is 56.6 Å². The number of benzene rings is 2. The van der Waals surface area contributed by atoms with Crippen molar-refractivity contribution in [3.63, 3.8) is 0 Å². The maximum Gasteiger partial charge on any atom is 0.419 e. The molecule has 1 aliphatic carbocycles. The van der Waals surface area contributed by atoms with Crippen LogP contribution in [-0.4, -0.2) is 13.0 Å². The summed E-state index contributed by atoms with van der Waals surface area (Å²) in [6, 6.07) is 10.1. The van der Waals surface area contributed by atoms with E-state index in [4.69, 9.17) is 4.42 Å². The molecule has 1 aromatic heterocycles. The molecule has 2 aromatic carbocycles. The zero-order valence-electron chi connectivity index (χ0n) is 13.3. The Morgan fingerprint density at radius 2 is 1.84 bits per heavy atom. The van der Waals surface area contributed by atoms with Crippen molar-refractivity contribution in [2.75, 3.05) is 0 Å². The Balaban J connectivity index is 1.70. The average Bonchev–Trinajstić information content (AvgIpc) is 3.28. The van der Waals surface area contributed by atoms with E-state index in [1.54, 1.807) is 19.2 Å². The molecular weight excluding hydrogens is 347 g/mol. The number of halogens is 1. The SMILES string of the molecule is Cn1c(=O)oc2cc(S(=O)(=O)NC3(c4ccc(F)cc4)CC3)ccc21. The molecule has 0 atom stereocenters. The van der Waals surface area contributed by atoms with Gasteiger partial charge in [-0.2, -0.15) is 0 Å². The van der Waals surface area contributed by atoms with E-state index >= 15 is 0 Å². The molecule has 1 saturated carbocycles. The molecule has 0 radical (unpaired) electrons. The number of rotatable bonds is 4. The predicted octanol–water partition coefficient (Wildman–Crippen LogP) is 2.24. The fourth-order valence-corrected chi connectivity index (χ4v) is 4.40. The number of hydrogen-bond donors (Lipinski definition) is 1. The van der Waals surface area contributed by atoms with Gasteiger partial charge in [-0.05, 0) is 42.7 Å². The first-order valence-electron chi connectivity index (χ1n) is 7.70. The topological polar surface area (TPSA) is 81.3 Å². The Bertz CT molecular complexity index is 1130. The maximum absolute atomic E-state index is 13.1. The molecule has 130 valence electrons. The van der Waals surface area contributed by atoms with Gasteiger partial charge < -0.3 is 4.42 Å². The average molecular weight is 362 g/mol. The second-order valence-corrected chi connectivity index (χ2v) is 7.93. The minimum Gasteiger partial charge on any atom is -0.408 e. The Kier molecular flexibility index (Phi) is 3.38. The normalized spacial score (nSPS) is 16.2. The molecule has 25 heavy (non-hydrogen) atoms. The summed E-state index contributed by atoms with van der Waals surface area (Å²) in [6.45, 7) is 0. The van der Waals surface area contributed by atoms with Crippen LogP contribution in [0, 0.1) is 5.82 Å². The van der Waals surface area contributed by atoms with Gasteiger partial charge >= 0.3 is 5.76 Å². The van der Waals surface area contributed by atoms with E-state index in [9.17, 15) is 17.6 Å². The highest BCUT2D eigenvalue weighted by molar-refractivity contribution is 7.89. The molecule has 3 aromatic rings. The molecule has 0 spiro atoms. The van der Waals surface area contributed by atoms with Crippen LogP contribution in [0.3, 0.4) is 0 Å². The van der Waals surface area contributed by atoms with Gasteiger partial charge in [0.25, 0.3) is 0 Å². The van der Waals surface area contributed by atoms with Crippen LogP contribution in [-0.2, 0) is 22.6 Å². The fourth-order valence-electron chi connectivity index (χ4n) is 2.94. The van der Waals surface area contributed by atoms with Gasteiger partial charge in [0, 0.05) is 13.1 Å². The molecule has 0 saturated heterocycles. The summed E-state index contributed by atoms with van der Waals surface area (Å²) in [5, 5.41) is 0. The number of hydrogen-bond acceptors (Lipinski definition) is 4. The minimum atomic E-state index is -3.82. The third-order valence-corrected chi connectivity index (χ3v) is 6.08. The van der Waals surface area contributed by atoms with E-state index in [0.29, 0.717) is 18.4 Å². The Morgan fingerprint density at radius 1 is 1.16 bits per heavy atom. The van der Waals surface area contributed by atoms with Crippen LogP contribution < -0.4 is 10.5 Å². The molecule has 8 heteroatoms. The quantitative estimate of drug-likeness (QED) is 0.772. The third-order valence-electron chi connectivity index (χ3n) is 4.55. The first-order chi connectivity index (χ1) is 11.8. The molecule has 0 unspecified atom stereocenters. The molecule has 1 fully saturated rings. The number of aromatic nitrogens is 1. The summed E-state index contributed by atoms with van der Waals surface area (Å²) in [5.41, 5.74) is 0.745. The second kappa shape index (κ2) is 5.27. The second-order valence-electron chi connectivity index (χ2n) is 6.25. The van der Waals surface area contributed by atoms with Crippen molar-refractivity contribution >= 4 is 21.1 Å². The summed E-state index contributed by atoms with van der Waals surface area (Å²) in [5.74, 6) is -0.922. The van der Waals surface area contributed by atoms with Crippen LogP contribution in [0.2, 0.25) is 0 Å². The van der Waals surface area contributed by atoms with Gasteiger partial charge in [-0.25, -0.2) is 22.3 Å². The zero-order chi connectivity index (χ0) is 17.8. The van der Waals surface area contributed by atoms with Crippen LogP contribution in [0.4, 0.5) is 4.39 Å². The van der Waals surface area contributed by atoms with Crippen LogP contribution in [0.25, 0.3) is 11.1 Å². The van der Waals surface area contributed by atoms with Crippen molar-refractivity contribution in [1.29, 1.82) is 0 Å². The van der Waals surface area contributed by atoms with E-state index in [1.165, 1.54) is 34.9 Å². The lowest BCUT2D eigenvalue weighted by atomic mass is 10.1. The summed E-state index contributed by atoms with van der Waals surface area (Å²) in [7, 11) is -2.27. The van der Waals surface area contributed by atoms with Gasteiger partial charge in [0.05, 0.1) is 16.0 Å². The molecule has 0 aliphatic heterocycles. The molecule has 0 amide bonds. The lowest BCUT2D eigenvalue weighted by Gasteiger charge is -2.18. The number of sulfonamides is 1. The van der Waals surface area contributed by atoms with Gasteiger partial charge in [0.15, 0.2) is 5.58 Å². The summed E-state index contributed by atoms with van der Waals surface area (Å²) in [4.78, 5) is 11.6. The van der Waals surface area contributed by atoms with E-state index in [1.807, 2.05) is 0 Å². The van der Waals surface area contributed by atoms with Crippen molar-refractivity contribution < 1.29 is 17.2 Å². The highest BCUT2D eigenvalue weighted by Gasteiger charge is 2.47. The molecule has 6 nitrogen and oxygen atoms in total. The molecule has 1 N–H and O–H groups in total. The van der Waals surface area contributed by atoms with E-state index in [0.717, 1.165) is 5.56 Å². The van der Waals surface area contributed by atoms with Crippen molar-refractivity contribution in [2.24, 2.45) is 7.05 Å². The van der Waals surface area contributed by atoms with E-state index < -0.39 is 21.3 Å². The largest absolute Gasteiger partial charge is 0.419 e. The smallest absolute Gasteiger partial charge is 0.408 e. The number of nitrogens with zero attached hydrogens (tertiary/aromatic N) is 1. The Morgan fingerprint density at radius 3 is 2.48 bits per heavy atom. The summed E-state index contributed by atoms with van der Waals surface area (Å²) in [6.07, 6.45) is 1.28. The van der Waals surface area contributed by atoms with Crippen molar-refractivity contribution in [2.45, 2.75) is 23.3 Å². The van der Waals surface area contributed by atoms with Gasteiger partial charge in [0.2, 0.25) is 10.0 Å². The maximum atomic E-state index is 13.1. The molecule has 0 bridgehead atoms. The predicted molar refractivity (Wildman–Crippen MR) is 89.1 cm³/mol. The first kappa shape index (κ1) is 16.0. The first-order valence-corrected chi connectivity index (χ1v) is 9.19. The van der Waals surface area contributed by atoms with Gasteiger partial charge in [0.1, 0.15) is 5.82 Å². The highest BCUT2D eigenvalue weighted by Crippen LogP contribution is 2.46. The number of nitrogens with one attached hydrogen (secondary N) is 1. The summed E-state index contributed by atoms with van der Waals surface area (Å²) < 4.78 is 47.7. The van der Waals surface area contributed by atoms with Crippen molar-refractivity contribution in [3.8, 4) is 0 Å². The Hall–Kier alpha value is -2.45. The van der Waals surface area contributed by atoms with Gasteiger partial charge in [-0.1, -0.05) is 12.1 Å². The lowest BCUT2D eigenvalue weighted by molar-refractivity contribution is 0.526. The summed E-state index contributed by atoms with van der Waals surface area (Å²) >= 11 is 0. The zero-order valence-corrected chi connectivity index (χ0v) is 14.1. The number of aryl methyl sites for hydroxylation is 1. The number of oxazole rings is 1. The fraction of sp³-hybridized carbons (Fsp3) is 0.235. The van der Waals surface area contributed by atoms with E-state index in [-0.39, 0.29) is 16.3 Å². The van der Waals surface area contributed by atoms with Crippen LogP contribution in [0.1, 0.15) is 18.4 Å². The molecule has 4 rings (SSSR count). The van der Waals surface area contributed by atoms with Crippen molar-refractivity contribution in [1.82, 2.24) is 9.29 Å². The van der Waals surface area contributed by atoms with Crippen LogP contribution in [0.5, 0.6) is 0 Å². The molecular formula is C17H15FN2O4S. The van der Waals surface area contributed by atoms with E-state index in [2.05, 4.69) is 4.72 Å². The van der Waals surface area contributed by atoms with Crippen molar-refractivity contribution in [3.05, 3.63) is 64.4 Å². The van der Waals surface area contributed by atoms with Gasteiger partial charge in [-0.15, -0.1) is 0 Å². The molecule has 1 heterocycles. The minimum absolute atomic E-state index is 0.0164. The highest BCUT2D eigenvalue weighted by atomic mass is 32.2. The monoisotopic (exact) mass is 362 g/mol. The van der Waals surface area contributed by atoms with Gasteiger partial charge in [-0.3, -0.25) is 4.57 Å². The Labute approximate surface area is 142 Å². The number of fused-ring (bicyclic) bond motifs is 1. The molecule has 1 aliphatic rings. The third kappa shape index (κ3) is 2.67. The standard InChI is InChI=1S/C17H15FN2O4S/c1-20-14-7-6-13(10-15(14)24-16(20)21)25(22,23)19-17(8-9-17)11-2-4-12(18)5-3-11/h2-7,10,19H,8-9H2,1H3. The van der Waals surface area contributed by atoms with Crippen LogP contribution >= 0.6 is 0 Å².